The van der Waals surface area contributed by atoms with Gasteiger partial charge in [-0.1, -0.05) is 46.9 Å². The van der Waals surface area contributed by atoms with Gasteiger partial charge in [-0.15, -0.1) is 0 Å². The molecule has 0 radical (unpaired) electrons. The van der Waals surface area contributed by atoms with E-state index in [0.29, 0.717) is 5.69 Å². The average molecular weight is 547 g/mol. The molecule has 0 aliphatic carbocycles. The third kappa shape index (κ3) is 6.38. The van der Waals surface area contributed by atoms with Gasteiger partial charge >= 0.3 is 0 Å². The molecule has 10 heteroatoms. The molecule has 2 aromatic rings. The lowest BCUT2D eigenvalue weighted by Crippen LogP contribution is -2.56. The summed E-state index contributed by atoms with van der Waals surface area (Å²) >= 11 is 25.1. The molecule has 0 bridgehead atoms. The first-order valence-corrected chi connectivity index (χ1v) is 9.74. The molecule has 0 saturated carbocycles. The fraction of sp³-hybridized carbons (Fsp3) is 0.125. The van der Waals surface area contributed by atoms with Crippen LogP contribution in [0, 0.1) is 9.39 Å². The Balaban J connectivity index is 2.07. The lowest BCUT2D eigenvalue weighted by molar-refractivity contribution is 0.0930. The van der Waals surface area contributed by atoms with Gasteiger partial charge < -0.3 is 16.0 Å². The SMILES string of the molecule is O=C(N[C@@H](NC(=S)Nc1ccc(I)cc1)C(Cl)(Cl)Cl)c1ccccc1F. The van der Waals surface area contributed by atoms with Crippen molar-refractivity contribution < 1.29 is 9.18 Å². The summed E-state index contributed by atoms with van der Waals surface area (Å²) in [6.45, 7) is 0. The Morgan fingerprint density at radius 1 is 1.08 bits per heavy atom. The molecule has 0 spiro atoms. The number of nitrogens with one attached hydrogen (secondary N) is 3. The Kier molecular flexibility index (Phi) is 7.72. The molecular formula is C16H12Cl3FIN3OS. The van der Waals surface area contributed by atoms with Crippen LogP contribution in [0.2, 0.25) is 0 Å². The fourth-order valence-corrected chi connectivity index (χ4v) is 2.81. The number of carbonyl (C=O) groups is 1. The molecular weight excluding hydrogens is 535 g/mol. The second-order valence-electron chi connectivity index (χ2n) is 5.03. The van der Waals surface area contributed by atoms with Crippen LogP contribution in [0.5, 0.6) is 0 Å². The molecule has 2 aromatic carbocycles. The van der Waals surface area contributed by atoms with Crippen LogP contribution in [0.25, 0.3) is 0 Å². The Morgan fingerprint density at radius 2 is 1.69 bits per heavy atom. The van der Waals surface area contributed by atoms with Crippen molar-refractivity contribution in [2.75, 3.05) is 5.32 Å². The van der Waals surface area contributed by atoms with Gasteiger partial charge in [0, 0.05) is 9.26 Å². The highest BCUT2D eigenvalue weighted by molar-refractivity contribution is 14.1. The zero-order valence-electron chi connectivity index (χ0n) is 12.9. The summed E-state index contributed by atoms with van der Waals surface area (Å²) in [7, 11) is 0. The number of hydrogen-bond acceptors (Lipinski definition) is 2. The highest BCUT2D eigenvalue weighted by atomic mass is 127. The number of thiocarbonyl (C=S) groups is 1. The number of alkyl halides is 3. The van der Waals surface area contributed by atoms with Gasteiger partial charge in [0.25, 0.3) is 5.91 Å². The lowest BCUT2D eigenvalue weighted by Gasteiger charge is -2.27. The molecule has 0 aliphatic heterocycles. The predicted molar refractivity (Wildman–Crippen MR) is 116 cm³/mol. The lowest BCUT2D eigenvalue weighted by atomic mass is 10.2. The quantitative estimate of drug-likeness (QED) is 0.222. The van der Waals surface area contributed by atoms with Crippen LogP contribution in [0.15, 0.2) is 48.5 Å². The molecule has 1 amide bonds. The molecule has 0 saturated heterocycles. The summed E-state index contributed by atoms with van der Waals surface area (Å²) in [5.74, 6) is -1.43. The first kappa shape index (κ1) is 21.4. The van der Waals surface area contributed by atoms with Gasteiger partial charge in [0.05, 0.1) is 5.56 Å². The third-order valence-electron chi connectivity index (χ3n) is 3.10. The van der Waals surface area contributed by atoms with Crippen molar-refractivity contribution in [3.8, 4) is 0 Å². The number of halogens is 5. The van der Waals surface area contributed by atoms with Gasteiger partial charge in [0.15, 0.2) is 5.11 Å². The van der Waals surface area contributed by atoms with Gasteiger partial charge in [0.1, 0.15) is 12.0 Å². The highest BCUT2D eigenvalue weighted by Gasteiger charge is 2.35. The van der Waals surface area contributed by atoms with E-state index in [9.17, 15) is 9.18 Å². The van der Waals surface area contributed by atoms with Crippen molar-refractivity contribution in [3.05, 3.63) is 63.5 Å². The van der Waals surface area contributed by atoms with Crippen molar-refractivity contribution in [2.45, 2.75) is 9.96 Å². The monoisotopic (exact) mass is 545 g/mol. The molecule has 1 atom stereocenters. The molecule has 0 unspecified atom stereocenters. The number of carbonyl (C=O) groups excluding carboxylic acids is 1. The highest BCUT2D eigenvalue weighted by Crippen LogP contribution is 2.29. The summed E-state index contributed by atoms with van der Waals surface area (Å²) in [5.41, 5.74) is 0.538. The Bertz CT molecular complexity index is 802. The minimum absolute atomic E-state index is 0.122. The van der Waals surface area contributed by atoms with E-state index >= 15 is 0 Å². The van der Waals surface area contributed by atoms with Gasteiger partial charge in [0.2, 0.25) is 3.79 Å². The van der Waals surface area contributed by atoms with Crippen molar-refractivity contribution in [1.82, 2.24) is 10.6 Å². The molecule has 0 aliphatic rings. The van der Waals surface area contributed by atoms with Crippen LogP contribution >= 0.6 is 69.6 Å². The van der Waals surface area contributed by atoms with Crippen LogP contribution < -0.4 is 16.0 Å². The van der Waals surface area contributed by atoms with Crippen LogP contribution in [-0.4, -0.2) is 21.0 Å². The molecule has 4 nitrogen and oxygen atoms in total. The summed E-state index contributed by atoms with van der Waals surface area (Å²) in [6.07, 6.45) is -1.19. The van der Waals surface area contributed by atoms with Gasteiger partial charge in [-0.25, -0.2) is 4.39 Å². The fourth-order valence-electron chi connectivity index (χ4n) is 1.89. The largest absolute Gasteiger partial charge is 0.339 e. The summed E-state index contributed by atoms with van der Waals surface area (Å²) in [6, 6.07) is 12.9. The standard InChI is InChI=1S/C16H12Cl3FIN3OS/c17-16(18,19)14(23-13(25)11-3-1-2-4-12(11)20)24-15(26)22-10-7-5-9(21)6-8-10/h1-8,14H,(H,23,25)(H2,22,24,26)/t14-/m0/s1. The topological polar surface area (TPSA) is 53.2 Å². The first-order chi connectivity index (χ1) is 12.2. The number of anilines is 1. The Hall–Kier alpha value is -0.870. The molecule has 0 aromatic heterocycles. The van der Waals surface area contributed by atoms with E-state index in [1.807, 2.05) is 24.3 Å². The Morgan fingerprint density at radius 3 is 2.27 bits per heavy atom. The predicted octanol–water partition coefficient (Wildman–Crippen LogP) is 4.84. The normalized spacial score (nSPS) is 12.2. The smallest absolute Gasteiger partial charge is 0.255 e. The van der Waals surface area contributed by atoms with Gasteiger partial charge in [-0.05, 0) is 71.2 Å². The summed E-state index contributed by atoms with van der Waals surface area (Å²) in [4.78, 5) is 12.3. The molecule has 3 N–H and O–H groups in total. The van der Waals surface area contributed by atoms with Crippen molar-refractivity contribution in [3.63, 3.8) is 0 Å². The van der Waals surface area contributed by atoms with E-state index in [4.69, 9.17) is 47.0 Å². The molecule has 0 fully saturated rings. The van der Waals surface area contributed by atoms with Gasteiger partial charge in [-0.2, -0.15) is 0 Å². The van der Waals surface area contributed by atoms with E-state index in [0.717, 1.165) is 9.64 Å². The maximum absolute atomic E-state index is 13.8. The van der Waals surface area contributed by atoms with E-state index < -0.39 is 21.7 Å². The first-order valence-electron chi connectivity index (χ1n) is 7.12. The molecule has 138 valence electrons. The average Bonchev–Trinajstić information content (AvgIpc) is 2.56. The van der Waals surface area contributed by atoms with Crippen LogP contribution in [0.4, 0.5) is 10.1 Å². The Labute approximate surface area is 183 Å². The number of amides is 1. The van der Waals surface area contributed by atoms with Crippen molar-refractivity contribution >= 4 is 86.3 Å². The maximum atomic E-state index is 13.8. The third-order valence-corrected chi connectivity index (χ3v) is 4.69. The van der Waals surface area contributed by atoms with Crippen molar-refractivity contribution in [1.29, 1.82) is 0 Å². The van der Waals surface area contributed by atoms with Crippen LogP contribution in [0.3, 0.4) is 0 Å². The zero-order chi connectivity index (χ0) is 19.3. The summed E-state index contributed by atoms with van der Waals surface area (Å²) in [5, 5.41) is 8.17. The molecule has 0 heterocycles. The second-order valence-corrected chi connectivity index (χ2v) is 9.06. The minimum Gasteiger partial charge on any atom is -0.339 e. The molecule has 2 rings (SSSR count). The van der Waals surface area contributed by atoms with Crippen LogP contribution in [-0.2, 0) is 0 Å². The second kappa shape index (κ2) is 9.36. The van der Waals surface area contributed by atoms with Crippen molar-refractivity contribution in [2.24, 2.45) is 0 Å². The maximum Gasteiger partial charge on any atom is 0.255 e. The van der Waals surface area contributed by atoms with E-state index in [-0.39, 0.29) is 10.7 Å². The summed E-state index contributed by atoms with van der Waals surface area (Å²) < 4.78 is 12.9. The molecule has 26 heavy (non-hydrogen) atoms. The van der Waals surface area contributed by atoms with E-state index in [1.165, 1.54) is 18.2 Å². The number of benzene rings is 2. The van der Waals surface area contributed by atoms with Crippen LogP contribution in [0.1, 0.15) is 10.4 Å². The number of rotatable bonds is 4. The van der Waals surface area contributed by atoms with E-state index in [1.54, 1.807) is 0 Å². The number of hydrogen-bond donors (Lipinski definition) is 3. The van der Waals surface area contributed by atoms with E-state index in [2.05, 4.69) is 38.5 Å². The van der Waals surface area contributed by atoms with Gasteiger partial charge in [-0.3, -0.25) is 4.79 Å². The minimum atomic E-state index is -1.93. The zero-order valence-corrected chi connectivity index (χ0v) is 18.1.